The molecule has 0 aliphatic rings. The molecule has 3 aromatic rings. The molecular formula is C21H24N4. The molecule has 0 aliphatic carbocycles. The molecule has 1 atom stereocenters. The molecule has 1 heterocycles. The van der Waals surface area contributed by atoms with Crippen LogP contribution in [-0.2, 0) is 0 Å². The average molecular weight is 332 g/mol. The fraction of sp³-hybridized carbons (Fsp3) is 0.238. The van der Waals surface area contributed by atoms with Crippen LogP contribution < -0.4 is 10.2 Å². The number of anilines is 3. The van der Waals surface area contributed by atoms with Crippen LogP contribution in [0, 0.1) is 6.92 Å². The van der Waals surface area contributed by atoms with Gasteiger partial charge >= 0.3 is 0 Å². The van der Waals surface area contributed by atoms with Gasteiger partial charge < -0.3 is 10.2 Å². The molecule has 0 amide bonds. The summed E-state index contributed by atoms with van der Waals surface area (Å²) in [6.45, 7) is 7.06. The van der Waals surface area contributed by atoms with Crippen LogP contribution >= 0.6 is 0 Å². The van der Waals surface area contributed by atoms with Crippen LogP contribution in [0.1, 0.15) is 31.1 Å². The van der Waals surface area contributed by atoms with Gasteiger partial charge in [-0.3, -0.25) is 0 Å². The highest BCUT2D eigenvalue weighted by atomic mass is 15.3. The van der Waals surface area contributed by atoms with Crippen LogP contribution in [0.25, 0.3) is 0 Å². The predicted molar refractivity (Wildman–Crippen MR) is 104 cm³/mol. The molecule has 4 heteroatoms. The zero-order chi connectivity index (χ0) is 17.6. The second-order valence-corrected chi connectivity index (χ2v) is 6.05. The summed E-state index contributed by atoms with van der Waals surface area (Å²) >= 11 is 0. The lowest BCUT2D eigenvalue weighted by Crippen LogP contribution is -2.20. The second-order valence-electron chi connectivity index (χ2n) is 6.05. The third-order valence-electron chi connectivity index (χ3n) is 4.13. The van der Waals surface area contributed by atoms with E-state index in [2.05, 4.69) is 65.4 Å². The number of aromatic nitrogens is 2. The van der Waals surface area contributed by atoms with E-state index in [-0.39, 0.29) is 6.04 Å². The van der Waals surface area contributed by atoms with Crippen LogP contribution in [0.2, 0.25) is 0 Å². The molecule has 2 aromatic carbocycles. The van der Waals surface area contributed by atoms with Crippen LogP contribution in [0.4, 0.5) is 17.5 Å². The molecule has 0 bridgehead atoms. The van der Waals surface area contributed by atoms with Gasteiger partial charge in [0.15, 0.2) is 0 Å². The molecule has 1 unspecified atom stereocenters. The molecule has 25 heavy (non-hydrogen) atoms. The highest BCUT2D eigenvalue weighted by Crippen LogP contribution is 2.24. The van der Waals surface area contributed by atoms with E-state index in [0.29, 0.717) is 0 Å². The number of nitrogens with zero attached hydrogens (tertiary/aromatic N) is 3. The predicted octanol–water partition coefficient (Wildman–Crippen LogP) is 5.12. The fourth-order valence-corrected chi connectivity index (χ4v) is 2.84. The van der Waals surface area contributed by atoms with E-state index < -0.39 is 0 Å². The Morgan fingerprint density at radius 2 is 1.60 bits per heavy atom. The number of nitrogens with one attached hydrogen (secondary N) is 1. The van der Waals surface area contributed by atoms with Gasteiger partial charge in [-0.2, -0.15) is 4.98 Å². The lowest BCUT2D eigenvalue weighted by molar-refractivity contribution is 0.862. The summed E-state index contributed by atoms with van der Waals surface area (Å²) in [5.74, 6) is 1.56. The Balaban J connectivity index is 1.87. The number of benzene rings is 2. The van der Waals surface area contributed by atoms with Crippen molar-refractivity contribution in [2.24, 2.45) is 0 Å². The number of hydrogen-bond donors (Lipinski definition) is 1. The maximum atomic E-state index is 4.75. The summed E-state index contributed by atoms with van der Waals surface area (Å²) < 4.78 is 0. The van der Waals surface area contributed by atoms with Crippen molar-refractivity contribution in [1.82, 2.24) is 9.97 Å². The Morgan fingerprint density at radius 1 is 0.960 bits per heavy atom. The summed E-state index contributed by atoms with van der Waals surface area (Å²) in [5.41, 5.74) is 3.27. The minimum Gasteiger partial charge on any atom is -0.363 e. The van der Waals surface area contributed by atoms with Gasteiger partial charge in [-0.15, -0.1) is 0 Å². The van der Waals surface area contributed by atoms with E-state index in [1.54, 1.807) is 0 Å². The minimum absolute atomic E-state index is 0.176. The van der Waals surface area contributed by atoms with Crippen LogP contribution in [0.15, 0.2) is 66.7 Å². The SMILES string of the molecule is CCN(c1ccccc1)c1nc(C)cc(NC(C)c2ccccc2)n1. The topological polar surface area (TPSA) is 41.1 Å². The summed E-state index contributed by atoms with van der Waals surface area (Å²) in [5, 5.41) is 3.49. The van der Waals surface area contributed by atoms with Crippen LogP contribution in [-0.4, -0.2) is 16.5 Å². The third kappa shape index (κ3) is 4.15. The highest BCUT2D eigenvalue weighted by Gasteiger charge is 2.13. The second kappa shape index (κ2) is 7.79. The third-order valence-corrected chi connectivity index (χ3v) is 4.13. The van der Waals surface area contributed by atoms with Gasteiger partial charge in [0.25, 0.3) is 0 Å². The molecule has 0 fully saturated rings. The van der Waals surface area contributed by atoms with Gasteiger partial charge in [0.05, 0.1) is 0 Å². The Labute approximate surface area is 149 Å². The van der Waals surface area contributed by atoms with Crippen molar-refractivity contribution in [2.45, 2.75) is 26.8 Å². The largest absolute Gasteiger partial charge is 0.363 e. The summed E-state index contributed by atoms with van der Waals surface area (Å²) in [4.78, 5) is 11.5. The van der Waals surface area contributed by atoms with Crippen molar-refractivity contribution in [3.8, 4) is 0 Å². The Morgan fingerprint density at radius 3 is 2.24 bits per heavy atom. The van der Waals surface area contributed by atoms with E-state index >= 15 is 0 Å². The maximum absolute atomic E-state index is 4.75. The van der Waals surface area contributed by atoms with Gasteiger partial charge in [0.1, 0.15) is 5.82 Å². The molecule has 0 saturated heterocycles. The molecular weight excluding hydrogens is 308 g/mol. The van der Waals surface area contributed by atoms with E-state index in [0.717, 1.165) is 29.7 Å². The first-order valence-electron chi connectivity index (χ1n) is 8.67. The summed E-state index contributed by atoms with van der Waals surface area (Å²) in [6.07, 6.45) is 0. The van der Waals surface area contributed by atoms with E-state index in [1.165, 1.54) is 5.56 Å². The van der Waals surface area contributed by atoms with E-state index in [4.69, 9.17) is 4.98 Å². The zero-order valence-electron chi connectivity index (χ0n) is 15.0. The van der Waals surface area contributed by atoms with Crippen molar-refractivity contribution in [1.29, 1.82) is 0 Å². The summed E-state index contributed by atoms with van der Waals surface area (Å²) in [7, 11) is 0. The molecule has 1 N–H and O–H groups in total. The van der Waals surface area contributed by atoms with Gasteiger partial charge in [-0.1, -0.05) is 48.5 Å². The zero-order valence-corrected chi connectivity index (χ0v) is 15.0. The average Bonchev–Trinajstić information content (AvgIpc) is 2.63. The smallest absolute Gasteiger partial charge is 0.232 e. The van der Waals surface area contributed by atoms with Crippen LogP contribution in [0.5, 0.6) is 0 Å². The van der Waals surface area contributed by atoms with E-state index in [1.807, 2.05) is 37.3 Å². The molecule has 4 nitrogen and oxygen atoms in total. The first kappa shape index (κ1) is 17.0. The van der Waals surface area contributed by atoms with Gasteiger partial charge in [-0.25, -0.2) is 4.98 Å². The molecule has 128 valence electrons. The number of rotatable bonds is 6. The van der Waals surface area contributed by atoms with E-state index in [9.17, 15) is 0 Å². The number of para-hydroxylation sites is 1. The Kier molecular flexibility index (Phi) is 5.29. The fourth-order valence-electron chi connectivity index (χ4n) is 2.84. The Hall–Kier alpha value is -2.88. The number of hydrogen-bond acceptors (Lipinski definition) is 4. The molecule has 0 radical (unpaired) electrons. The monoisotopic (exact) mass is 332 g/mol. The van der Waals surface area contributed by atoms with Crippen LogP contribution in [0.3, 0.4) is 0 Å². The van der Waals surface area contributed by atoms with Crippen molar-refractivity contribution < 1.29 is 0 Å². The molecule has 3 rings (SSSR count). The first-order chi connectivity index (χ1) is 12.2. The normalized spacial score (nSPS) is 11.8. The summed E-state index contributed by atoms with van der Waals surface area (Å²) in [6, 6.07) is 22.8. The lowest BCUT2D eigenvalue weighted by Gasteiger charge is -2.23. The molecule has 1 aromatic heterocycles. The first-order valence-corrected chi connectivity index (χ1v) is 8.67. The lowest BCUT2D eigenvalue weighted by atomic mass is 10.1. The molecule has 0 saturated carbocycles. The van der Waals surface area contributed by atoms with Crippen molar-refractivity contribution in [3.63, 3.8) is 0 Å². The maximum Gasteiger partial charge on any atom is 0.232 e. The Bertz CT molecular complexity index is 803. The molecule has 0 spiro atoms. The van der Waals surface area contributed by atoms with Gasteiger partial charge in [0.2, 0.25) is 5.95 Å². The van der Waals surface area contributed by atoms with Crippen molar-refractivity contribution in [2.75, 3.05) is 16.8 Å². The van der Waals surface area contributed by atoms with Crippen molar-refractivity contribution >= 4 is 17.5 Å². The van der Waals surface area contributed by atoms with Gasteiger partial charge in [0, 0.05) is 30.0 Å². The quantitative estimate of drug-likeness (QED) is 0.680. The number of aryl methyl sites for hydroxylation is 1. The standard InChI is InChI=1S/C21H24N4/c1-4-25(19-13-9-6-10-14-19)21-22-16(2)15-20(24-21)23-17(3)18-11-7-5-8-12-18/h5-15,17H,4H2,1-3H3,(H,22,23,24). The molecule has 0 aliphatic heterocycles. The highest BCUT2D eigenvalue weighted by molar-refractivity contribution is 5.58. The van der Waals surface area contributed by atoms with Crippen molar-refractivity contribution in [3.05, 3.63) is 78.0 Å². The minimum atomic E-state index is 0.176. The van der Waals surface area contributed by atoms with Gasteiger partial charge in [-0.05, 0) is 38.5 Å².